The highest BCUT2D eigenvalue weighted by Crippen LogP contribution is 2.41. The summed E-state index contributed by atoms with van der Waals surface area (Å²) in [6, 6.07) is 25.5. The Bertz CT molecular complexity index is 996. The first-order valence-electron chi connectivity index (χ1n) is 7.71. The predicted molar refractivity (Wildman–Crippen MR) is 93.0 cm³/mol. The molecule has 4 aromatic rings. The minimum Gasteiger partial charge on any atom is -0.454 e. The van der Waals surface area contributed by atoms with Crippen molar-refractivity contribution in [2.45, 2.75) is 0 Å². The Hall–Kier alpha value is -3.00. The summed E-state index contributed by atoms with van der Waals surface area (Å²) in [5.41, 5.74) is 2.40. The van der Waals surface area contributed by atoms with Gasteiger partial charge in [0.25, 0.3) is 0 Å². The van der Waals surface area contributed by atoms with Gasteiger partial charge in [-0.15, -0.1) is 0 Å². The molecule has 0 atom stereocenters. The number of hydrogen-bond acceptors (Lipinski definition) is 2. The molecule has 0 unspecified atom stereocenters. The maximum absolute atomic E-state index is 5.56. The molecule has 0 fully saturated rings. The molecule has 0 aliphatic carbocycles. The summed E-state index contributed by atoms with van der Waals surface area (Å²) in [5.74, 6) is 1.64. The molecule has 0 bridgehead atoms. The van der Waals surface area contributed by atoms with Crippen molar-refractivity contribution in [3.63, 3.8) is 0 Å². The van der Waals surface area contributed by atoms with Crippen molar-refractivity contribution in [3.05, 3.63) is 72.8 Å². The Labute approximate surface area is 133 Å². The Morgan fingerprint density at radius 2 is 1.26 bits per heavy atom. The topological polar surface area (TPSA) is 18.5 Å². The average Bonchev–Trinajstić information content (AvgIpc) is 3.07. The Morgan fingerprint density at radius 3 is 2.00 bits per heavy atom. The van der Waals surface area contributed by atoms with Crippen molar-refractivity contribution in [1.82, 2.24) is 0 Å². The summed E-state index contributed by atoms with van der Waals surface area (Å²) in [6.07, 6.45) is 0. The zero-order valence-corrected chi connectivity index (χ0v) is 12.5. The monoisotopic (exact) mass is 298 g/mol. The lowest BCUT2D eigenvalue weighted by Gasteiger charge is -2.12. The molecule has 0 spiro atoms. The van der Waals surface area contributed by atoms with Gasteiger partial charge in [0.2, 0.25) is 6.79 Å². The Kier molecular flexibility index (Phi) is 2.59. The van der Waals surface area contributed by atoms with Crippen molar-refractivity contribution in [1.29, 1.82) is 0 Å². The summed E-state index contributed by atoms with van der Waals surface area (Å²) in [7, 11) is 0. The molecule has 0 N–H and O–H groups in total. The van der Waals surface area contributed by atoms with Gasteiger partial charge in [0.1, 0.15) is 0 Å². The van der Waals surface area contributed by atoms with Crippen molar-refractivity contribution in [2.24, 2.45) is 0 Å². The van der Waals surface area contributed by atoms with E-state index in [-0.39, 0.29) is 0 Å². The first-order chi connectivity index (χ1) is 11.4. The van der Waals surface area contributed by atoms with Crippen molar-refractivity contribution in [3.8, 4) is 22.6 Å². The summed E-state index contributed by atoms with van der Waals surface area (Å²) in [5, 5.41) is 5.01. The normalized spacial score (nSPS) is 12.9. The molecule has 2 heteroatoms. The minimum absolute atomic E-state index is 0.301. The van der Waals surface area contributed by atoms with Gasteiger partial charge < -0.3 is 9.47 Å². The molecule has 5 rings (SSSR count). The second-order valence-corrected chi connectivity index (χ2v) is 5.76. The molecule has 1 aliphatic heterocycles. The van der Waals surface area contributed by atoms with E-state index >= 15 is 0 Å². The van der Waals surface area contributed by atoms with Gasteiger partial charge in [-0.25, -0.2) is 0 Å². The highest BCUT2D eigenvalue weighted by Gasteiger charge is 2.16. The summed E-state index contributed by atoms with van der Waals surface area (Å²) in [6.45, 7) is 0.301. The van der Waals surface area contributed by atoms with Crippen LogP contribution in [0.1, 0.15) is 0 Å². The number of fused-ring (bicyclic) bond motifs is 3. The largest absolute Gasteiger partial charge is 0.454 e. The first kappa shape index (κ1) is 12.5. The van der Waals surface area contributed by atoms with Crippen molar-refractivity contribution < 1.29 is 9.47 Å². The standard InChI is InChI=1S/C21H14O2/c1-3-7-17-14(5-1)11-15-6-2-4-8-18(15)21(17)16-9-10-19-20(12-16)23-13-22-19/h1-12H,13H2. The maximum atomic E-state index is 5.56. The van der Waals surface area contributed by atoms with E-state index in [1.807, 2.05) is 6.07 Å². The first-order valence-corrected chi connectivity index (χ1v) is 7.71. The Balaban J connectivity index is 1.91. The second kappa shape index (κ2) is 4.75. The van der Waals surface area contributed by atoms with Crippen molar-refractivity contribution >= 4 is 21.5 Å². The van der Waals surface area contributed by atoms with Crippen LogP contribution in [0.5, 0.6) is 11.5 Å². The van der Waals surface area contributed by atoms with Gasteiger partial charge in [0.15, 0.2) is 11.5 Å². The van der Waals surface area contributed by atoms with Crippen LogP contribution in [-0.2, 0) is 0 Å². The lowest BCUT2D eigenvalue weighted by atomic mass is 9.92. The molecule has 1 heterocycles. The molecular formula is C21H14O2. The second-order valence-electron chi connectivity index (χ2n) is 5.76. The Morgan fingerprint density at radius 1 is 0.609 bits per heavy atom. The van der Waals surface area contributed by atoms with Crippen LogP contribution in [0, 0.1) is 0 Å². The van der Waals surface area contributed by atoms with Crippen LogP contribution in [0.15, 0.2) is 72.8 Å². The third kappa shape index (κ3) is 1.88. The highest BCUT2D eigenvalue weighted by molar-refractivity contribution is 6.12. The van der Waals surface area contributed by atoms with Gasteiger partial charge in [-0.3, -0.25) is 0 Å². The fourth-order valence-electron chi connectivity index (χ4n) is 3.38. The molecular weight excluding hydrogens is 284 g/mol. The van der Waals surface area contributed by atoms with Gasteiger partial charge in [0.05, 0.1) is 0 Å². The van der Waals surface area contributed by atoms with Gasteiger partial charge >= 0.3 is 0 Å². The van der Waals surface area contributed by atoms with Gasteiger partial charge in [-0.1, -0.05) is 54.6 Å². The third-order valence-corrected chi connectivity index (χ3v) is 4.43. The van der Waals surface area contributed by atoms with E-state index in [0.29, 0.717) is 6.79 Å². The fourth-order valence-corrected chi connectivity index (χ4v) is 3.38. The van der Waals surface area contributed by atoms with Gasteiger partial charge in [-0.2, -0.15) is 0 Å². The van der Waals surface area contributed by atoms with Gasteiger partial charge in [-0.05, 0) is 50.9 Å². The summed E-state index contributed by atoms with van der Waals surface area (Å²) < 4.78 is 11.0. The molecule has 23 heavy (non-hydrogen) atoms. The number of ether oxygens (including phenoxy) is 2. The summed E-state index contributed by atoms with van der Waals surface area (Å²) >= 11 is 0. The molecule has 0 aromatic heterocycles. The highest BCUT2D eigenvalue weighted by atomic mass is 16.7. The van der Waals surface area contributed by atoms with E-state index in [0.717, 1.165) is 17.1 Å². The van der Waals surface area contributed by atoms with Crippen LogP contribution in [0.2, 0.25) is 0 Å². The number of hydrogen-bond donors (Lipinski definition) is 0. The van der Waals surface area contributed by atoms with Crippen LogP contribution in [0.3, 0.4) is 0 Å². The zero-order chi connectivity index (χ0) is 15.2. The molecule has 1 aliphatic rings. The average molecular weight is 298 g/mol. The molecule has 0 saturated heterocycles. The van der Waals surface area contributed by atoms with Crippen LogP contribution < -0.4 is 9.47 Å². The van der Waals surface area contributed by atoms with E-state index in [9.17, 15) is 0 Å². The van der Waals surface area contributed by atoms with E-state index in [4.69, 9.17) is 9.47 Å². The van der Waals surface area contributed by atoms with Crippen LogP contribution >= 0.6 is 0 Å². The van der Waals surface area contributed by atoms with E-state index in [1.54, 1.807) is 0 Å². The lowest BCUT2D eigenvalue weighted by Crippen LogP contribution is -1.92. The maximum Gasteiger partial charge on any atom is 0.231 e. The van der Waals surface area contributed by atoms with Crippen LogP contribution in [0.25, 0.3) is 32.7 Å². The minimum atomic E-state index is 0.301. The predicted octanol–water partition coefficient (Wildman–Crippen LogP) is 5.39. The SMILES string of the molecule is c1ccc2c(-c3ccc4c(c3)OCO4)c3ccccc3cc2c1. The molecule has 4 aromatic carbocycles. The lowest BCUT2D eigenvalue weighted by molar-refractivity contribution is 0.174. The molecule has 110 valence electrons. The van der Waals surface area contributed by atoms with E-state index < -0.39 is 0 Å². The fraction of sp³-hybridized carbons (Fsp3) is 0.0476. The van der Waals surface area contributed by atoms with Crippen LogP contribution in [-0.4, -0.2) is 6.79 Å². The zero-order valence-electron chi connectivity index (χ0n) is 12.5. The molecule has 0 radical (unpaired) electrons. The van der Waals surface area contributed by atoms with Crippen molar-refractivity contribution in [2.75, 3.05) is 6.79 Å². The number of benzene rings is 4. The van der Waals surface area contributed by atoms with E-state index in [2.05, 4.69) is 66.7 Å². The summed E-state index contributed by atoms with van der Waals surface area (Å²) in [4.78, 5) is 0. The van der Waals surface area contributed by atoms with Crippen LogP contribution in [0.4, 0.5) is 0 Å². The van der Waals surface area contributed by atoms with E-state index in [1.165, 1.54) is 27.1 Å². The number of rotatable bonds is 1. The smallest absolute Gasteiger partial charge is 0.231 e. The van der Waals surface area contributed by atoms with Gasteiger partial charge in [0, 0.05) is 0 Å². The third-order valence-electron chi connectivity index (χ3n) is 4.43. The molecule has 2 nitrogen and oxygen atoms in total. The quantitative estimate of drug-likeness (QED) is 0.439. The molecule has 0 amide bonds. The molecule has 0 saturated carbocycles.